The predicted molar refractivity (Wildman–Crippen MR) is 78.6 cm³/mol. The second kappa shape index (κ2) is 7.62. The average Bonchev–Trinajstić information content (AvgIpc) is 2.50. The van der Waals surface area contributed by atoms with Crippen molar-refractivity contribution in [2.45, 2.75) is 18.8 Å². The maximum atomic E-state index is 13.2. The van der Waals surface area contributed by atoms with Gasteiger partial charge in [-0.3, -0.25) is 24.0 Å². The predicted octanol–water partition coefficient (Wildman–Crippen LogP) is -1.51. The molecule has 1 atom stereocenters. The molecule has 2 rings (SSSR count). The van der Waals surface area contributed by atoms with E-state index in [0.717, 1.165) is 16.8 Å². The molecule has 24 heavy (non-hydrogen) atoms. The number of rotatable bonds is 5. The molecule has 0 radical (unpaired) electrons. The molecule has 0 aromatic carbocycles. The SMILES string of the molecule is O=C(Cn1ccc(=O)[nH]c1=O)NCC(N1CCNCC1)C(F)(F)F. The molecule has 134 valence electrons. The van der Waals surface area contributed by atoms with E-state index in [-0.39, 0.29) is 13.1 Å². The number of nitrogens with one attached hydrogen (secondary N) is 3. The van der Waals surface area contributed by atoms with Crippen molar-refractivity contribution in [1.82, 2.24) is 25.1 Å². The highest BCUT2D eigenvalue weighted by atomic mass is 19.4. The monoisotopic (exact) mass is 349 g/mol. The standard InChI is InChI=1S/C13H18F3N5O3/c14-13(15,16)9(20-5-2-17-3-6-20)7-18-11(23)8-21-4-1-10(22)19-12(21)24/h1,4,9,17H,2-3,5-8H2,(H,18,23)(H,19,22,24). The number of aromatic amines is 1. The number of aromatic nitrogens is 2. The highest BCUT2D eigenvalue weighted by molar-refractivity contribution is 5.75. The van der Waals surface area contributed by atoms with Crippen molar-refractivity contribution in [3.63, 3.8) is 0 Å². The quantitative estimate of drug-likeness (QED) is 0.600. The molecule has 1 aliphatic rings. The first-order valence-corrected chi connectivity index (χ1v) is 7.35. The van der Waals surface area contributed by atoms with E-state index in [4.69, 9.17) is 0 Å². The molecular weight excluding hydrogens is 331 g/mol. The Hall–Kier alpha value is -2.14. The van der Waals surface area contributed by atoms with Crippen LogP contribution in [0, 0.1) is 0 Å². The lowest BCUT2D eigenvalue weighted by Gasteiger charge is -2.35. The van der Waals surface area contributed by atoms with E-state index < -0.39 is 42.5 Å². The number of carbonyl (C=O) groups excluding carboxylic acids is 1. The molecule has 0 bridgehead atoms. The second-order valence-corrected chi connectivity index (χ2v) is 5.39. The van der Waals surface area contributed by atoms with Gasteiger partial charge in [0.1, 0.15) is 12.6 Å². The van der Waals surface area contributed by atoms with Crippen LogP contribution in [0.15, 0.2) is 21.9 Å². The lowest BCUT2D eigenvalue weighted by molar-refractivity contribution is -0.184. The van der Waals surface area contributed by atoms with Crippen molar-refractivity contribution >= 4 is 5.91 Å². The van der Waals surface area contributed by atoms with Gasteiger partial charge in [0, 0.05) is 45.0 Å². The molecule has 2 heterocycles. The number of alkyl halides is 3. The van der Waals surface area contributed by atoms with Gasteiger partial charge in [-0.15, -0.1) is 0 Å². The van der Waals surface area contributed by atoms with Crippen LogP contribution >= 0.6 is 0 Å². The fourth-order valence-electron chi connectivity index (χ4n) is 2.44. The molecule has 1 amide bonds. The first kappa shape index (κ1) is 18.2. The Morgan fingerprint density at radius 1 is 1.29 bits per heavy atom. The van der Waals surface area contributed by atoms with Gasteiger partial charge in [-0.05, 0) is 0 Å². The van der Waals surface area contributed by atoms with Crippen LogP contribution in [-0.4, -0.2) is 65.3 Å². The fraction of sp³-hybridized carbons (Fsp3) is 0.615. The third-order valence-corrected chi connectivity index (χ3v) is 3.67. The highest BCUT2D eigenvalue weighted by Gasteiger charge is 2.43. The van der Waals surface area contributed by atoms with E-state index in [1.807, 2.05) is 4.98 Å². The van der Waals surface area contributed by atoms with E-state index in [9.17, 15) is 27.6 Å². The topological polar surface area (TPSA) is 99.2 Å². The van der Waals surface area contributed by atoms with Crippen molar-refractivity contribution in [3.05, 3.63) is 33.1 Å². The lowest BCUT2D eigenvalue weighted by atomic mass is 10.2. The summed E-state index contributed by atoms with van der Waals surface area (Å²) >= 11 is 0. The van der Waals surface area contributed by atoms with Crippen molar-refractivity contribution in [1.29, 1.82) is 0 Å². The van der Waals surface area contributed by atoms with Crippen molar-refractivity contribution in [2.24, 2.45) is 0 Å². The first-order valence-electron chi connectivity index (χ1n) is 7.35. The van der Waals surface area contributed by atoms with Gasteiger partial charge in [0.05, 0.1) is 0 Å². The van der Waals surface area contributed by atoms with Gasteiger partial charge in [0.25, 0.3) is 5.56 Å². The number of carbonyl (C=O) groups is 1. The molecule has 1 unspecified atom stereocenters. The van der Waals surface area contributed by atoms with Crippen LogP contribution in [0.5, 0.6) is 0 Å². The Labute approximate surface area is 134 Å². The van der Waals surface area contributed by atoms with E-state index >= 15 is 0 Å². The summed E-state index contributed by atoms with van der Waals surface area (Å²) in [5, 5.41) is 5.17. The molecule has 11 heteroatoms. The van der Waals surface area contributed by atoms with Crippen LogP contribution in [0.1, 0.15) is 0 Å². The number of nitrogens with zero attached hydrogens (tertiary/aromatic N) is 2. The Morgan fingerprint density at radius 2 is 1.96 bits per heavy atom. The molecule has 1 aromatic rings. The van der Waals surface area contributed by atoms with Crippen molar-refractivity contribution in [2.75, 3.05) is 32.7 Å². The molecule has 1 aromatic heterocycles. The van der Waals surface area contributed by atoms with Gasteiger partial charge in [-0.25, -0.2) is 4.79 Å². The normalized spacial score (nSPS) is 17.5. The number of amides is 1. The molecule has 0 spiro atoms. The van der Waals surface area contributed by atoms with Crippen LogP contribution in [0.3, 0.4) is 0 Å². The molecule has 0 saturated carbocycles. The van der Waals surface area contributed by atoms with Gasteiger partial charge < -0.3 is 10.6 Å². The maximum absolute atomic E-state index is 13.2. The molecule has 1 fully saturated rings. The van der Waals surface area contributed by atoms with Gasteiger partial charge in [0.15, 0.2) is 0 Å². The molecule has 8 nitrogen and oxygen atoms in total. The lowest BCUT2D eigenvalue weighted by Crippen LogP contribution is -2.57. The minimum absolute atomic E-state index is 0.236. The number of hydrogen-bond donors (Lipinski definition) is 3. The van der Waals surface area contributed by atoms with Crippen LogP contribution < -0.4 is 21.9 Å². The zero-order valence-electron chi connectivity index (χ0n) is 12.7. The Kier molecular flexibility index (Phi) is 5.78. The maximum Gasteiger partial charge on any atom is 0.405 e. The third kappa shape index (κ3) is 4.93. The van der Waals surface area contributed by atoms with E-state index in [1.54, 1.807) is 0 Å². The Balaban J connectivity index is 1.96. The molecule has 3 N–H and O–H groups in total. The van der Waals surface area contributed by atoms with E-state index in [1.165, 1.54) is 4.90 Å². The molecule has 1 saturated heterocycles. The fourth-order valence-corrected chi connectivity index (χ4v) is 2.44. The molecule has 1 aliphatic heterocycles. The van der Waals surface area contributed by atoms with Crippen LogP contribution in [0.2, 0.25) is 0 Å². The summed E-state index contributed by atoms with van der Waals surface area (Å²) in [6, 6.07) is -0.732. The van der Waals surface area contributed by atoms with Crippen LogP contribution in [0.4, 0.5) is 13.2 Å². The van der Waals surface area contributed by atoms with E-state index in [0.29, 0.717) is 13.1 Å². The summed E-state index contributed by atoms with van der Waals surface area (Å²) in [5.74, 6) is -0.742. The van der Waals surface area contributed by atoms with E-state index in [2.05, 4.69) is 10.6 Å². The third-order valence-electron chi connectivity index (χ3n) is 3.67. The van der Waals surface area contributed by atoms with Crippen LogP contribution in [-0.2, 0) is 11.3 Å². The van der Waals surface area contributed by atoms with Crippen LogP contribution in [0.25, 0.3) is 0 Å². The average molecular weight is 349 g/mol. The van der Waals surface area contributed by atoms with Crippen molar-refractivity contribution in [3.8, 4) is 0 Å². The number of H-pyrrole nitrogens is 1. The smallest absolute Gasteiger partial charge is 0.353 e. The summed E-state index contributed by atoms with van der Waals surface area (Å²) in [6.45, 7) is 0.307. The van der Waals surface area contributed by atoms with Crippen molar-refractivity contribution < 1.29 is 18.0 Å². The largest absolute Gasteiger partial charge is 0.405 e. The summed E-state index contributed by atoms with van der Waals surface area (Å²) in [5.41, 5.74) is -1.42. The molecule has 0 aliphatic carbocycles. The number of piperazine rings is 1. The van der Waals surface area contributed by atoms with Gasteiger partial charge in [-0.2, -0.15) is 13.2 Å². The minimum atomic E-state index is -4.47. The number of hydrogen-bond acceptors (Lipinski definition) is 5. The summed E-state index contributed by atoms with van der Waals surface area (Å²) in [4.78, 5) is 37.4. The Morgan fingerprint density at radius 3 is 2.54 bits per heavy atom. The summed E-state index contributed by atoms with van der Waals surface area (Å²) in [7, 11) is 0. The van der Waals surface area contributed by atoms with Gasteiger partial charge in [-0.1, -0.05) is 0 Å². The van der Waals surface area contributed by atoms with Gasteiger partial charge >= 0.3 is 11.9 Å². The first-order chi connectivity index (χ1) is 11.3. The summed E-state index contributed by atoms with van der Waals surface area (Å²) < 4.78 is 40.5. The number of halogens is 3. The molecular formula is C13H18F3N5O3. The summed E-state index contributed by atoms with van der Waals surface area (Å²) in [6.07, 6.45) is -3.36. The minimum Gasteiger partial charge on any atom is -0.353 e. The zero-order chi connectivity index (χ0) is 17.7. The Bertz CT molecular complexity index is 678. The second-order valence-electron chi connectivity index (χ2n) is 5.39. The van der Waals surface area contributed by atoms with Gasteiger partial charge in [0.2, 0.25) is 5.91 Å². The zero-order valence-corrected chi connectivity index (χ0v) is 12.7. The highest BCUT2D eigenvalue weighted by Crippen LogP contribution is 2.24.